The number of sulfonamides is 1. The average Bonchev–Trinajstić information content (AvgIpc) is 2.87. The van der Waals surface area contributed by atoms with E-state index in [0.717, 1.165) is 43.6 Å². The second kappa shape index (κ2) is 8.81. The molecule has 1 aromatic rings. The quantitative estimate of drug-likeness (QED) is 0.642. The summed E-state index contributed by atoms with van der Waals surface area (Å²) in [6.07, 6.45) is 1.35. The summed E-state index contributed by atoms with van der Waals surface area (Å²) in [4.78, 5) is 26.6. The van der Waals surface area contributed by atoms with Crippen LogP contribution in [0.15, 0.2) is 29.2 Å². The van der Waals surface area contributed by atoms with Gasteiger partial charge in [0.2, 0.25) is 5.91 Å². The van der Waals surface area contributed by atoms with Crippen LogP contribution in [0.2, 0.25) is 0 Å². The van der Waals surface area contributed by atoms with Gasteiger partial charge in [0.15, 0.2) is 0 Å². The lowest BCUT2D eigenvalue weighted by atomic mass is 10.2. The lowest BCUT2D eigenvalue weighted by Gasteiger charge is -2.26. The molecule has 8 nitrogen and oxygen atoms in total. The van der Waals surface area contributed by atoms with Crippen LogP contribution in [-0.2, 0) is 19.6 Å². The highest BCUT2D eigenvalue weighted by Crippen LogP contribution is 2.29. The highest BCUT2D eigenvalue weighted by molar-refractivity contribution is 7.90. The third kappa shape index (κ3) is 4.66. The molecule has 1 fully saturated rings. The Bertz CT molecular complexity index is 790. The van der Waals surface area contributed by atoms with Crippen LogP contribution in [0.1, 0.15) is 29.6 Å². The van der Waals surface area contributed by atoms with E-state index in [1.54, 1.807) is 12.1 Å². The number of hydrogen-bond acceptors (Lipinski definition) is 6. The van der Waals surface area contributed by atoms with Gasteiger partial charge in [-0.2, -0.15) is 0 Å². The number of hydrogen-bond donors (Lipinski definition) is 1. The summed E-state index contributed by atoms with van der Waals surface area (Å²) >= 11 is 0. The van der Waals surface area contributed by atoms with Crippen molar-refractivity contribution in [3.05, 3.63) is 29.8 Å². The van der Waals surface area contributed by atoms with Gasteiger partial charge in [-0.3, -0.25) is 14.5 Å². The topological polar surface area (TPSA) is 96.0 Å². The molecule has 148 valence electrons. The van der Waals surface area contributed by atoms with Crippen molar-refractivity contribution in [3.8, 4) is 0 Å². The third-order valence-corrected chi connectivity index (χ3v) is 6.59. The Labute approximate surface area is 159 Å². The second-order valence-corrected chi connectivity index (χ2v) is 8.47. The van der Waals surface area contributed by atoms with E-state index >= 15 is 0 Å². The Morgan fingerprint density at radius 1 is 1.11 bits per heavy atom. The molecule has 2 aliphatic heterocycles. The number of benzene rings is 1. The highest BCUT2D eigenvalue weighted by atomic mass is 32.2. The van der Waals surface area contributed by atoms with E-state index in [1.165, 1.54) is 12.1 Å². The molecular weight excluding hydrogens is 370 g/mol. The van der Waals surface area contributed by atoms with Gasteiger partial charge in [-0.25, -0.2) is 12.7 Å². The largest absolute Gasteiger partial charge is 0.379 e. The summed E-state index contributed by atoms with van der Waals surface area (Å²) in [5, 5.41) is 2.85. The zero-order valence-corrected chi connectivity index (χ0v) is 16.0. The van der Waals surface area contributed by atoms with Crippen LogP contribution in [0, 0.1) is 0 Å². The molecule has 0 aliphatic carbocycles. The minimum Gasteiger partial charge on any atom is -0.379 e. The van der Waals surface area contributed by atoms with Gasteiger partial charge in [-0.1, -0.05) is 12.1 Å². The van der Waals surface area contributed by atoms with Gasteiger partial charge >= 0.3 is 0 Å². The summed E-state index contributed by atoms with van der Waals surface area (Å²) < 4.78 is 31.0. The van der Waals surface area contributed by atoms with Crippen molar-refractivity contribution in [3.63, 3.8) is 0 Å². The first-order valence-electron chi connectivity index (χ1n) is 9.23. The van der Waals surface area contributed by atoms with Gasteiger partial charge in [-0.15, -0.1) is 0 Å². The number of nitrogens with one attached hydrogen (secondary N) is 1. The van der Waals surface area contributed by atoms with Gasteiger partial charge < -0.3 is 10.1 Å². The van der Waals surface area contributed by atoms with Crippen molar-refractivity contribution in [1.82, 2.24) is 14.5 Å². The normalized spacial score (nSPS) is 19.1. The minimum atomic E-state index is -3.79. The first-order chi connectivity index (χ1) is 13.0. The van der Waals surface area contributed by atoms with Crippen molar-refractivity contribution < 1.29 is 22.7 Å². The molecule has 2 heterocycles. The van der Waals surface area contributed by atoms with Crippen LogP contribution in [0.4, 0.5) is 0 Å². The van der Waals surface area contributed by atoms with E-state index in [-0.39, 0.29) is 29.3 Å². The predicted octanol–water partition coefficient (Wildman–Crippen LogP) is 0.450. The SMILES string of the molecule is O=C(CCCN1C(=O)c2ccccc2S1(=O)=O)NCCCN1CCOCC1. The number of morpholine rings is 1. The Morgan fingerprint density at radius 3 is 2.59 bits per heavy atom. The molecule has 0 bridgehead atoms. The maximum Gasteiger partial charge on any atom is 0.269 e. The highest BCUT2D eigenvalue weighted by Gasteiger charge is 2.40. The number of nitrogens with zero attached hydrogens (tertiary/aromatic N) is 2. The van der Waals surface area contributed by atoms with Crippen molar-refractivity contribution in [2.75, 3.05) is 45.9 Å². The van der Waals surface area contributed by atoms with Crippen LogP contribution in [-0.4, -0.2) is 75.4 Å². The first-order valence-corrected chi connectivity index (χ1v) is 10.7. The van der Waals surface area contributed by atoms with Crippen LogP contribution < -0.4 is 5.32 Å². The molecule has 1 saturated heterocycles. The number of ether oxygens (including phenoxy) is 1. The molecule has 3 rings (SSSR count). The monoisotopic (exact) mass is 395 g/mol. The zero-order valence-electron chi connectivity index (χ0n) is 15.2. The van der Waals surface area contributed by atoms with Crippen LogP contribution in [0.3, 0.4) is 0 Å². The smallest absolute Gasteiger partial charge is 0.269 e. The van der Waals surface area contributed by atoms with E-state index < -0.39 is 15.9 Å². The Balaban J connectivity index is 1.37. The van der Waals surface area contributed by atoms with Gasteiger partial charge in [0.1, 0.15) is 4.90 Å². The van der Waals surface area contributed by atoms with Crippen LogP contribution >= 0.6 is 0 Å². The lowest BCUT2D eigenvalue weighted by molar-refractivity contribution is -0.121. The maximum absolute atomic E-state index is 12.4. The number of carbonyl (C=O) groups excluding carboxylic acids is 2. The molecule has 0 spiro atoms. The summed E-state index contributed by atoms with van der Waals surface area (Å²) in [5.41, 5.74) is 0.199. The van der Waals surface area contributed by atoms with Crippen molar-refractivity contribution in [2.24, 2.45) is 0 Å². The molecule has 0 unspecified atom stereocenters. The van der Waals surface area contributed by atoms with Crippen LogP contribution in [0.25, 0.3) is 0 Å². The number of amides is 2. The summed E-state index contributed by atoms with van der Waals surface area (Å²) in [7, 11) is -3.79. The van der Waals surface area contributed by atoms with Crippen molar-refractivity contribution in [2.45, 2.75) is 24.2 Å². The molecule has 1 N–H and O–H groups in total. The Kier molecular flexibility index (Phi) is 6.46. The molecular formula is C18H25N3O5S. The Hall–Kier alpha value is -1.97. The van der Waals surface area contributed by atoms with Gasteiger partial charge in [-0.05, 0) is 31.5 Å². The fourth-order valence-electron chi connectivity index (χ4n) is 3.28. The molecule has 2 aliphatic rings. The number of rotatable bonds is 8. The molecule has 27 heavy (non-hydrogen) atoms. The first kappa shape index (κ1) is 19.8. The fourth-order valence-corrected chi connectivity index (χ4v) is 4.89. The average molecular weight is 395 g/mol. The molecule has 0 radical (unpaired) electrons. The number of carbonyl (C=O) groups is 2. The number of fused-ring (bicyclic) bond motifs is 1. The van der Waals surface area contributed by atoms with Gasteiger partial charge in [0.05, 0.1) is 18.8 Å². The lowest BCUT2D eigenvalue weighted by Crippen LogP contribution is -2.38. The van der Waals surface area contributed by atoms with Crippen LogP contribution in [0.5, 0.6) is 0 Å². The third-order valence-electron chi connectivity index (χ3n) is 4.75. The summed E-state index contributed by atoms with van der Waals surface area (Å²) in [5.74, 6) is -0.643. The van der Waals surface area contributed by atoms with Crippen molar-refractivity contribution in [1.29, 1.82) is 0 Å². The molecule has 1 aromatic carbocycles. The van der Waals surface area contributed by atoms with E-state index in [2.05, 4.69) is 10.2 Å². The molecule has 9 heteroatoms. The second-order valence-electron chi connectivity index (χ2n) is 6.64. The fraction of sp³-hybridized carbons (Fsp3) is 0.556. The molecule has 0 saturated carbocycles. The van der Waals surface area contributed by atoms with E-state index in [0.29, 0.717) is 13.0 Å². The summed E-state index contributed by atoms with van der Waals surface area (Å²) in [6, 6.07) is 6.18. The van der Waals surface area contributed by atoms with E-state index in [9.17, 15) is 18.0 Å². The standard InChI is InChI=1S/C18H25N3O5S/c22-17(19-8-4-9-20-11-13-26-14-12-20)7-3-10-21-18(23)15-5-1-2-6-16(15)27(21,24)25/h1-2,5-6H,3-4,7-14H2,(H,19,22). The van der Waals surface area contributed by atoms with Gasteiger partial charge in [0, 0.05) is 32.6 Å². The molecule has 0 aromatic heterocycles. The predicted molar refractivity (Wildman–Crippen MR) is 98.8 cm³/mol. The summed E-state index contributed by atoms with van der Waals surface area (Å²) in [6.45, 7) is 4.88. The molecule has 2 amide bonds. The van der Waals surface area contributed by atoms with Crippen molar-refractivity contribution >= 4 is 21.8 Å². The maximum atomic E-state index is 12.4. The van der Waals surface area contributed by atoms with Gasteiger partial charge in [0.25, 0.3) is 15.9 Å². The minimum absolute atomic E-state index is 0.0110. The van der Waals surface area contributed by atoms with E-state index in [1.807, 2.05) is 0 Å². The zero-order chi connectivity index (χ0) is 19.3. The van der Waals surface area contributed by atoms with E-state index in [4.69, 9.17) is 4.74 Å². The Morgan fingerprint density at radius 2 is 1.85 bits per heavy atom. The molecule has 0 atom stereocenters.